The van der Waals surface area contributed by atoms with Gasteiger partial charge in [0.1, 0.15) is 6.07 Å². The van der Waals surface area contributed by atoms with E-state index >= 15 is 0 Å². The highest BCUT2D eigenvalue weighted by atomic mass is 35.5. The molecule has 51 heavy (non-hydrogen) atoms. The largest absolute Gasteiger partial charge is 0.327 e. The smallest absolute Gasteiger partial charge is 0.291 e. The number of carbonyl (C=O) groups is 2. The van der Waals surface area contributed by atoms with Crippen LogP contribution in [0.3, 0.4) is 0 Å². The van der Waals surface area contributed by atoms with Gasteiger partial charge in [0.25, 0.3) is 11.8 Å². The summed E-state index contributed by atoms with van der Waals surface area (Å²) in [6, 6.07) is 12.8. The molecular weight excluding hydrogens is 662 g/mol. The number of halogens is 1. The van der Waals surface area contributed by atoms with Crippen molar-refractivity contribution in [3.63, 3.8) is 0 Å². The van der Waals surface area contributed by atoms with Gasteiger partial charge < -0.3 is 19.8 Å². The van der Waals surface area contributed by atoms with E-state index in [1.165, 1.54) is 38.5 Å². The summed E-state index contributed by atoms with van der Waals surface area (Å²) in [5, 5.41) is 16.5. The van der Waals surface area contributed by atoms with Crippen molar-refractivity contribution >= 4 is 34.8 Å². The van der Waals surface area contributed by atoms with Crippen LogP contribution in [0.25, 0.3) is 11.1 Å². The molecule has 3 aliphatic rings. The summed E-state index contributed by atoms with van der Waals surface area (Å²) in [6.07, 6.45) is 9.70. The van der Waals surface area contributed by atoms with Gasteiger partial charge in [-0.05, 0) is 37.6 Å². The Morgan fingerprint density at radius 2 is 1.41 bits per heavy atom. The van der Waals surface area contributed by atoms with Crippen LogP contribution < -0.4 is 10.6 Å². The van der Waals surface area contributed by atoms with Crippen molar-refractivity contribution in [1.29, 1.82) is 5.26 Å². The number of rotatable bonds is 9. The molecule has 0 unspecified atom stereocenters. The molecule has 0 saturated heterocycles. The quantitative estimate of drug-likeness (QED) is 0.202. The Balaban J connectivity index is 1.07. The molecule has 11 nitrogen and oxygen atoms in total. The molecule has 2 aliphatic heterocycles. The van der Waals surface area contributed by atoms with Gasteiger partial charge in [-0.3, -0.25) is 19.4 Å². The van der Waals surface area contributed by atoms with E-state index in [0.717, 1.165) is 74.3 Å². The number of nitrogens with zero attached hydrogens (tertiary/aromatic N) is 7. The molecule has 2 amide bonds. The van der Waals surface area contributed by atoms with Crippen LogP contribution in [-0.2, 0) is 40.0 Å². The van der Waals surface area contributed by atoms with Gasteiger partial charge in [0.05, 0.1) is 33.3 Å². The third-order valence-electron chi connectivity index (χ3n) is 11.1. The van der Waals surface area contributed by atoms with Gasteiger partial charge in [-0.15, -0.1) is 0 Å². The number of hydrogen-bond donors (Lipinski definition) is 2. The lowest BCUT2D eigenvalue weighted by molar-refractivity contribution is 0.100. The van der Waals surface area contributed by atoms with Crippen LogP contribution in [0, 0.1) is 17.2 Å². The molecule has 0 bridgehead atoms. The molecule has 2 N–H and O–H groups in total. The van der Waals surface area contributed by atoms with Crippen LogP contribution in [0.1, 0.15) is 95.0 Å². The first-order valence-electron chi connectivity index (χ1n) is 18.2. The predicted octanol–water partition coefficient (Wildman–Crippen LogP) is 6.56. The maximum absolute atomic E-state index is 13.7. The summed E-state index contributed by atoms with van der Waals surface area (Å²) in [6.45, 7) is 7.47. The van der Waals surface area contributed by atoms with Crippen molar-refractivity contribution < 1.29 is 9.59 Å². The molecule has 2 aromatic heterocycles. The Labute approximate surface area is 304 Å². The number of hydrogen-bond acceptors (Lipinski definition) is 7. The van der Waals surface area contributed by atoms with E-state index < -0.39 is 0 Å². The molecule has 4 heterocycles. The number of amides is 2. The van der Waals surface area contributed by atoms with Gasteiger partial charge in [-0.2, -0.15) is 5.26 Å². The average Bonchev–Trinajstić information content (AvgIpc) is 3.67. The van der Waals surface area contributed by atoms with Crippen LogP contribution in [0.2, 0.25) is 5.02 Å². The standard InChI is InChI=1S/C39H46ClN9O2/c1-4-48-20-17-33-31(23-48)42-36(46(33)2)38(50)44-29-14-8-12-26(28(29)22-41)27-13-9-15-30(35(27)40)45-39(51)37-43-32-24-49(21-18-34(32)47(37)3)19-16-25-10-6-5-7-11-25/h8-9,12-15,25H,4-7,10-11,16-21,23-24H2,1-3H3,(H,44,50)(H,45,51). The number of benzene rings is 2. The van der Waals surface area contributed by atoms with E-state index in [-0.39, 0.29) is 22.4 Å². The highest BCUT2D eigenvalue weighted by molar-refractivity contribution is 6.36. The zero-order valence-electron chi connectivity index (χ0n) is 29.8. The van der Waals surface area contributed by atoms with Crippen LogP contribution >= 0.6 is 11.6 Å². The van der Waals surface area contributed by atoms with E-state index in [9.17, 15) is 14.9 Å². The third-order valence-corrected chi connectivity index (χ3v) is 11.5. The topological polar surface area (TPSA) is 124 Å². The lowest BCUT2D eigenvalue weighted by Gasteiger charge is -2.29. The van der Waals surface area contributed by atoms with Gasteiger partial charge in [-0.1, -0.05) is 74.9 Å². The molecule has 0 radical (unpaired) electrons. The maximum atomic E-state index is 13.7. The lowest BCUT2D eigenvalue weighted by Crippen LogP contribution is -2.33. The molecule has 2 aromatic carbocycles. The Kier molecular flexibility index (Phi) is 10.3. The second-order valence-corrected chi connectivity index (χ2v) is 14.5. The first-order valence-corrected chi connectivity index (χ1v) is 18.6. The predicted molar refractivity (Wildman–Crippen MR) is 199 cm³/mol. The minimum absolute atomic E-state index is 0.261. The second kappa shape index (κ2) is 15.0. The average molecular weight is 708 g/mol. The van der Waals surface area contributed by atoms with Gasteiger partial charge in [-0.25, -0.2) is 9.97 Å². The van der Waals surface area contributed by atoms with Crippen LogP contribution in [0.5, 0.6) is 0 Å². The number of aromatic nitrogens is 4. The zero-order chi connectivity index (χ0) is 35.6. The first-order chi connectivity index (χ1) is 24.7. The SMILES string of the molecule is CCN1CCc2c(nc(C(=O)Nc3cccc(-c4cccc(NC(=O)c5nc6c(n5C)CCN(CCC5CCCCC5)C6)c4Cl)c3C#N)n2C)C1. The van der Waals surface area contributed by atoms with Crippen LogP contribution in [-0.4, -0.2) is 66.9 Å². The van der Waals surface area contributed by atoms with Gasteiger partial charge in [0.2, 0.25) is 0 Å². The Morgan fingerprint density at radius 1 is 0.843 bits per heavy atom. The van der Waals surface area contributed by atoms with E-state index in [4.69, 9.17) is 16.6 Å². The lowest BCUT2D eigenvalue weighted by atomic mass is 9.87. The fourth-order valence-corrected chi connectivity index (χ4v) is 8.34. The van der Waals surface area contributed by atoms with Gasteiger partial charge >= 0.3 is 0 Å². The van der Waals surface area contributed by atoms with Crippen molar-refractivity contribution in [2.24, 2.45) is 20.0 Å². The fourth-order valence-electron chi connectivity index (χ4n) is 8.07. The molecule has 0 atom stereocenters. The third kappa shape index (κ3) is 7.05. The molecule has 0 spiro atoms. The Hall–Kier alpha value is -4.50. The molecule has 1 saturated carbocycles. The van der Waals surface area contributed by atoms with Crippen molar-refractivity contribution in [1.82, 2.24) is 28.9 Å². The van der Waals surface area contributed by atoms with Crippen molar-refractivity contribution in [3.8, 4) is 17.2 Å². The number of fused-ring (bicyclic) bond motifs is 2. The zero-order valence-corrected chi connectivity index (χ0v) is 30.5. The first kappa shape index (κ1) is 34.9. The Bertz CT molecular complexity index is 2000. The molecule has 7 rings (SSSR count). The van der Waals surface area contributed by atoms with E-state index in [1.807, 2.05) is 23.2 Å². The summed E-state index contributed by atoms with van der Waals surface area (Å²) in [7, 11) is 3.76. The van der Waals surface area contributed by atoms with Crippen molar-refractivity contribution in [3.05, 3.63) is 81.4 Å². The van der Waals surface area contributed by atoms with Crippen LogP contribution in [0.4, 0.5) is 11.4 Å². The van der Waals surface area contributed by atoms with E-state index in [1.54, 1.807) is 36.4 Å². The highest BCUT2D eigenvalue weighted by Crippen LogP contribution is 2.38. The molecule has 4 aromatic rings. The summed E-state index contributed by atoms with van der Waals surface area (Å²) in [5.41, 5.74) is 6.15. The summed E-state index contributed by atoms with van der Waals surface area (Å²) in [5.74, 6) is 0.747. The molecule has 1 fully saturated rings. The number of likely N-dealkylation sites (N-methyl/N-ethyl adjacent to an activating group) is 1. The number of carbonyl (C=O) groups excluding carboxylic acids is 2. The number of nitrogens with one attached hydrogen (secondary N) is 2. The number of nitriles is 1. The Morgan fingerprint density at radius 3 is 2.04 bits per heavy atom. The summed E-state index contributed by atoms with van der Waals surface area (Å²) in [4.78, 5) is 41.4. The highest BCUT2D eigenvalue weighted by Gasteiger charge is 2.28. The maximum Gasteiger partial charge on any atom is 0.291 e. The molecule has 266 valence electrons. The second-order valence-electron chi connectivity index (χ2n) is 14.1. The molecular formula is C39H46ClN9O2. The summed E-state index contributed by atoms with van der Waals surface area (Å²) >= 11 is 6.96. The monoisotopic (exact) mass is 707 g/mol. The molecule has 1 aliphatic carbocycles. The van der Waals surface area contributed by atoms with Gasteiger partial charge in [0.15, 0.2) is 11.6 Å². The van der Waals surface area contributed by atoms with Gasteiger partial charge in [0, 0.05) is 75.6 Å². The normalized spacial score (nSPS) is 16.7. The van der Waals surface area contributed by atoms with E-state index in [0.29, 0.717) is 40.7 Å². The van der Waals surface area contributed by atoms with Crippen LogP contribution in [0.15, 0.2) is 36.4 Å². The number of imidazole rings is 2. The minimum atomic E-state index is -0.388. The van der Waals surface area contributed by atoms with Crippen molar-refractivity contribution in [2.45, 2.75) is 71.4 Å². The minimum Gasteiger partial charge on any atom is -0.327 e. The van der Waals surface area contributed by atoms with E-state index in [2.05, 4.69) is 38.4 Å². The fraction of sp³-hybridized carbons (Fsp3) is 0.462. The van der Waals surface area contributed by atoms with Crippen molar-refractivity contribution in [2.75, 3.05) is 36.8 Å². The molecule has 12 heteroatoms. The number of anilines is 2. The summed E-state index contributed by atoms with van der Waals surface area (Å²) < 4.78 is 3.75.